The van der Waals surface area contributed by atoms with Gasteiger partial charge in [0.1, 0.15) is 0 Å². The van der Waals surface area contributed by atoms with E-state index < -0.39 is 5.97 Å². The van der Waals surface area contributed by atoms with Crippen LogP contribution in [0.4, 0.5) is 0 Å². The molecule has 4 nitrogen and oxygen atoms in total. The van der Waals surface area contributed by atoms with Gasteiger partial charge in [-0.05, 0) is 50.2 Å². The summed E-state index contributed by atoms with van der Waals surface area (Å²) in [6, 6.07) is 16.8. The molecule has 130 valence electrons. The van der Waals surface area contributed by atoms with E-state index in [-0.39, 0.29) is 24.6 Å². The lowest BCUT2D eigenvalue weighted by Crippen LogP contribution is -2.37. The Morgan fingerprint density at radius 1 is 1.04 bits per heavy atom. The van der Waals surface area contributed by atoms with Crippen LogP contribution in [0.2, 0.25) is 0 Å². The van der Waals surface area contributed by atoms with Crippen LogP contribution in [0.25, 0.3) is 0 Å². The van der Waals surface area contributed by atoms with Crippen molar-refractivity contribution >= 4 is 18.4 Å². The van der Waals surface area contributed by atoms with E-state index in [0.29, 0.717) is 5.56 Å². The van der Waals surface area contributed by atoms with Gasteiger partial charge in [-0.1, -0.05) is 42.5 Å². The summed E-state index contributed by atoms with van der Waals surface area (Å²) < 4.78 is 0. The number of aromatic carboxylic acids is 1. The van der Waals surface area contributed by atoms with Crippen LogP contribution in [0.5, 0.6) is 0 Å². The summed E-state index contributed by atoms with van der Waals surface area (Å²) in [5.74, 6) is -0.879. The number of benzene rings is 2. The van der Waals surface area contributed by atoms with Crippen molar-refractivity contribution in [1.29, 1.82) is 0 Å². The standard InChI is InChI=1S/C12H17NO.C7H6O2.ClH/c1-13(2)11-8-7-9-5-3-4-6-10(9)12(11)14;8-7(9)6-4-2-1-3-5-6;/h3-6,11-12,14H,7-8H2,1-2H3;1-5H,(H,8,9);1H. The number of carbonyl (C=O) groups is 1. The van der Waals surface area contributed by atoms with Gasteiger partial charge in [-0.3, -0.25) is 0 Å². The molecule has 3 rings (SSSR count). The fourth-order valence-corrected chi connectivity index (χ4v) is 2.84. The van der Waals surface area contributed by atoms with E-state index in [2.05, 4.69) is 11.0 Å². The molecular formula is C19H24ClNO3. The Morgan fingerprint density at radius 2 is 1.62 bits per heavy atom. The number of aliphatic hydroxyl groups is 1. The van der Waals surface area contributed by atoms with Crippen molar-refractivity contribution in [2.24, 2.45) is 0 Å². The zero-order chi connectivity index (χ0) is 16.8. The molecule has 1 aliphatic carbocycles. The highest BCUT2D eigenvalue weighted by Crippen LogP contribution is 2.31. The first-order valence-electron chi connectivity index (χ1n) is 7.71. The van der Waals surface area contributed by atoms with Crippen LogP contribution in [0.15, 0.2) is 54.6 Å². The van der Waals surface area contributed by atoms with Gasteiger partial charge in [0.15, 0.2) is 0 Å². The number of likely N-dealkylation sites (N-methyl/N-ethyl adjacent to an activating group) is 1. The molecule has 0 bridgehead atoms. The van der Waals surface area contributed by atoms with Crippen LogP contribution < -0.4 is 0 Å². The van der Waals surface area contributed by atoms with Gasteiger partial charge in [-0.2, -0.15) is 0 Å². The molecule has 0 aliphatic heterocycles. The molecule has 0 saturated carbocycles. The summed E-state index contributed by atoms with van der Waals surface area (Å²) in [6.07, 6.45) is 1.80. The number of aryl methyl sites for hydroxylation is 1. The van der Waals surface area contributed by atoms with Gasteiger partial charge in [0, 0.05) is 6.04 Å². The second-order valence-electron chi connectivity index (χ2n) is 5.88. The van der Waals surface area contributed by atoms with E-state index in [4.69, 9.17) is 5.11 Å². The highest BCUT2D eigenvalue weighted by atomic mass is 35.5. The van der Waals surface area contributed by atoms with Crippen molar-refractivity contribution < 1.29 is 15.0 Å². The molecule has 0 spiro atoms. The molecule has 2 aromatic carbocycles. The molecule has 2 aromatic rings. The number of carboxylic acid groups (broad SMARTS) is 1. The number of aliphatic hydroxyl groups excluding tert-OH is 1. The molecule has 0 amide bonds. The van der Waals surface area contributed by atoms with E-state index in [9.17, 15) is 9.90 Å². The second-order valence-corrected chi connectivity index (χ2v) is 5.88. The number of hydrogen-bond acceptors (Lipinski definition) is 3. The Bertz CT molecular complexity index is 646. The average molecular weight is 350 g/mol. The molecule has 24 heavy (non-hydrogen) atoms. The molecule has 0 radical (unpaired) electrons. The average Bonchev–Trinajstić information content (AvgIpc) is 2.56. The van der Waals surface area contributed by atoms with E-state index in [1.807, 2.05) is 32.3 Å². The van der Waals surface area contributed by atoms with Gasteiger partial charge >= 0.3 is 5.97 Å². The lowest BCUT2D eigenvalue weighted by molar-refractivity contribution is 0.0628. The van der Waals surface area contributed by atoms with Gasteiger partial charge in [0.05, 0.1) is 11.7 Å². The fourth-order valence-electron chi connectivity index (χ4n) is 2.84. The third-order valence-electron chi connectivity index (χ3n) is 4.13. The van der Waals surface area contributed by atoms with Crippen LogP contribution in [-0.4, -0.2) is 41.2 Å². The van der Waals surface area contributed by atoms with Gasteiger partial charge in [0.2, 0.25) is 0 Å². The summed E-state index contributed by atoms with van der Waals surface area (Å²) in [7, 11) is 4.06. The van der Waals surface area contributed by atoms with Crippen molar-refractivity contribution in [1.82, 2.24) is 4.90 Å². The van der Waals surface area contributed by atoms with E-state index in [1.165, 1.54) is 5.56 Å². The normalized spacial score (nSPS) is 18.7. The molecule has 2 N–H and O–H groups in total. The molecule has 0 fully saturated rings. The number of halogens is 1. The molecule has 0 saturated heterocycles. The minimum atomic E-state index is -0.879. The molecular weight excluding hydrogens is 326 g/mol. The number of rotatable bonds is 2. The van der Waals surface area contributed by atoms with Gasteiger partial charge < -0.3 is 15.1 Å². The number of hydrogen-bond donors (Lipinski definition) is 2. The van der Waals surface area contributed by atoms with Crippen LogP contribution in [0, 0.1) is 0 Å². The lowest BCUT2D eigenvalue weighted by Gasteiger charge is -2.34. The van der Waals surface area contributed by atoms with E-state index in [1.54, 1.807) is 30.3 Å². The quantitative estimate of drug-likeness (QED) is 0.872. The predicted octanol–water partition coefficient (Wildman–Crippen LogP) is 3.40. The maximum absolute atomic E-state index is 10.2. The lowest BCUT2D eigenvalue weighted by atomic mass is 9.85. The topological polar surface area (TPSA) is 60.8 Å². The number of carboxylic acids is 1. The molecule has 2 atom stereocenters. The highest BCUT2D eigenvalue weighted by molar-refractivity contribution is 5.87. The van der Waals surface area contributed by atoms with Crippen molar-refractivity contribution in [2.75, 3.05) is 14.1 Å². The monoisotopic (exact) mass is 349 g/mol. The van der Waals surface area contributed by atoms with Gasteiger partial charge in [-0.25, -0.2) is 4.79 Å². The van der Waals surface area contributed by atoms with E-state index in [0.717, 1.165) is 18.4 Å². The minimum absolute atomic E-state index is 0. The summed E-state index contributed by atoms with van der Waals surface area (Å²) in [6.45, 7) is 0. The van der Waals surface area contributed by atoms with Crippen LogP contribution in [-0.2, 0) is 6.42 Å². The van der Waals surface area contributed by atoms with Crippen LogP contribution >= 0.6 is 12.4 Å². The summed E-state index contributed by atoms with van der Waals surface area (Å²) in [5.41, 5.74) is 2.74. The van der Waals surface area contributed by atoms with Crippen molar-refractivity contribution in [2.45, 2.75) is 25.0 Å². The first-order valence-corrected chi connectivity index (χ1v) is 7.71. The SMILES string of the molecule is CN(C)C1CCc2ccccc2C1O.Cl.O=C(O)c1ccccc1. The van der Waals surface area contributed by atoms with Crippen molar-refractivity contribution in [3.05, 3.63) is 71.3 Å². The predicted molar refractivity (Wildman–Crippen MR) is 97.8 cm³/mol. The molecule has 5 heteroatoms. The Labute approximate surface area is 149 Å². The molecule has 0 aromatic heterocycles. The van der Waals surface area contributed by atoms with Gasteiger partial charge in [-0.15, -0.1) is 12.4 Å². The maximum Gasteiger partial charge on any atom is 0.335 e. The summed E-state index contributed by atoms with van der Waals surface area (Å²) in [5, 5.41) is 18.5. The fraction of sp³-hybridized carbons (Fsp3) is 0.316. The minimum Gasteiger partial charge on any atom is -0.478 e. The Balaban J connectivity index is 0.000000252. The summed E-state index contributed by atoms with van der Waals surface area (Å²) >= 11 is 0. The Morgan fingerprint density at radius 3 is 2.17 bits per heavy atom. The third-order valence-corrected chi connectivity index (χ3v) is 4.13. The number of fused-ring (bicyclic) bond motifs is 1. The first-order chi connectivity index (χ1) is 11.0. The first kappa shape index (κ1) is 20.2. The van der Waals surface area contributed by atoms with E-state index >= 15 is 0 Å². The Hall–Kier alpha value is -1.88. The Kier molecular flexibility index (Phi) is 7.92. The summed E-state index contributed by atoms with van der Waals surface area (Å²) in [4.78, 5) is 12.3. The van der Waals surface area contributed by atoms with Crippen LogP contribution in [0.1, 0.15) is 34.0 Å². The zero-order valence-electron chi connectivity index (χ0n) is 13.9. The van der Waals surface area contributed by atoms with Gasteiger partial charge in [0.25, 0.3) is 0 Å². The largest absolute Gasteiger partial charge is 0.478 e. The second kappa shape index (κ2) is 9.42. The van der Waals surface area contributed by atoms with Crippen molar-refractivity contribution in [3.63, 3.8) is 0 Å². The molecule has 2 unspecified atom stereocenters. The smallest absolute Gasteiger partial charge is 0.335 e. The maximum atomic E-state index is 10.2. The number of nitrogens with zero attached hydrogens (tertiary/aromatic N) is 1. The molecule has 0 heterocycles. The third kappa shape index (κ3) is 5.06. The van der Waals surface area contributed by atoms with Crippen LogP contribution in [0.3, 0.4) is 0 Å². The van der Waals surface area contributed by atoms with Crippen molar-refractivity contribution in [3.8, 4) is 0 Å². The highest BCUT2D eigenvalue weighted by Gasteiger charge is 2.28. The zero-order valence-corrected chi connectivity index (χ0v) is 14.7. The molecule has 1 aliphatic rings.